The Hall–Kier alpha value is -1.97. The van der Waals surface area contributed by atoms with Gasteiger partial charge in [-0.3, -0.25) is 14.8 Å². The number of pyridine rings is 2. The Balaban J connectivity index is 2.55. The van der Waals surface area contributed by atoms with Crippen molar-refractivity contribution in [3.8, 4) is 0 Å². The van der Waals surface area contributed by atoms with Gasteiger partial charge in [0.25, 0.3) is 0 Å². The van der Waals surface area contributed by atoms with Gasteiger partial charge in [0.15, 0.2) is 0 Å². The van der Waals surface area contributed by atoms with E-state index in [0.717, 1.165) is 10.9 Å². The molecule has 0 radical (unpaired) electrons. The lowest BCUT2D eigenvalue weighted by Gasteiger charge is -1.99. The lowest BCUT2D eigenvalue weighted by atomic mass is 10.2. The number of amides is 1. The van der Waals surface area contributed by atoms with Gasteiger partial charge in [-0.2, -0.15) is 0 Å². The molecule has 4 nitrogen and oxygen atoms in total. The van der Waals surface area contributed by atoms with Gasteiger partial charge < -0.3 is 5.32 Å². The number of nitrogens with zero attached hydrogens (tertiary/aromatic N) is 2. The van der Waals surface area contributed by atoms with Crippen molar-refractivity contribution in [2.75, 3.05) is 5.32 Å². The summed E-state index contributed by atoms with van der Waals surface area (Å²) < 4.78 is 0. The van der Waals surface area contributed by atoms with Gasteiger partial charge in [0.05, 0.1) is 23.6 Å². The number of carbonyl (C=O) groups is 1. The average molecular weight is 173 g/mol. The molecule has 0 atom stereocenters. The third kappa shape index (κ3) is 1.46. The molecule has 0 saturated carbocycles. The zero-order valence-electron chi connectivity index (χ0n) is 6.77. The van der Waals surface area contributed by atoms with Gasteiger partial charge >= 0.3 is 0 Å². The van der Waals surface area contributed by atoms with E-state index in [1.54, 1.807) is 18.6 Å². The zero-order chi connectivity index (χ0) is 9.10. The maximum Gasteiger partial charge on any atom is 0.211 e. The second-order valence-electron chi connectivity index (χ2n) is 2.55. The van der Waals surface area contributed by atoms with Gasteiger partial charge in [0.2, 0.25) is 6.41 Å². The van der Waals surface area contributed by atoms with Crippen LogP contribution in [0.1, 0.15) is 0 Å². The van der Waals surface area contributed by atoms with Crippen LogP contribution in [0.5, 0.6) is 0 Å². The largest absolute Gasteiger partial charge is 0.327 e. The first-order chi connectivity index (χ1) is 6.40. The van der Waals surface area contributed by atoms with Crippen LogP contribution in [0.3, 0.4) is 0 Å². The van der Waals surface area contributed by atoms with Crippen molar-refractivity contribution in [3.05, 3.63) is 30.7 Å². The molecule has 0 unspecified atom stereocenters. The third-order valence-corrected chi connectivity index (χ3v) is 1.71. The average Bonchev–Trinajstić information content (AvgIpc) is 2.18. The molecule has 64 valence electrons. The van der Waals surface area contributed by atoms with Crippen LogP contribution < -0.4 is 5.32 Å². The summed E-state index contributed by atoms with van der Waals surface area (Å²) in [5.74, 6) is 0. The Morgan fingerprint density at radius 2 is 2.31 bits per heavy atom. The van der Waals surface area contributed by atoms with E-state index >= 15 is 0 Å². The number of anilines is 1. The molecular weight excluding hydrogens is 166 g/mol. The Kier molecular flexibility index (Phi) is 1.88. The summed E-state index contributed by atoms with van der Waals surface area (Å²) in [6.07, 6.45) is 5.59. The predicted molar refractivity (Wildman–Crippen MR) is 49.2 cm³/mol. The molecule has 2 aromatic rings. The molecule has 1 amide bonds. The molecular formula is C9H7N3O. The first kappa shape index (κ1) is 7.67. The van der Waals surface area contributed by atoms with Crippen molar-refractivity contribution in [2.45, 2.75) is 0 Å². The molecule has 0 spiro atoms. The van der Waals surface area contributed by atoms with E-state index in [-0.39, 0.29) is 0 Å². The van der Waals surface area contributed by atoms with Crippen molar-refractivity contribution >= 4 is 23.0 Å². The molecule has 13 heavy (non-hydrogen) atoms. The Bertz CT molecular complexity index is 442. The van der Waals surface area contributed by atoms with E-state index in [9.17, 15) is 4.79 Å². The second kappa shape index (κ2) is 3.18. The first-order valence-electron chi connectivity index (χ1n) is 3.80. The number of nitrogens with one attached hydrogen (secondary N) is 1. The fourth-order valence-electron chi connectivity index (χ4n) is 1.12. The third-order valence-electron chi connectivity index (χ3n) is 1.71. The molecule has 0 aliphatic carbocycles. The van der Waals surface area contributed by atoms with Gasteiger partial charge in [0.1, 0.15) is 0 Å². The predicted octanol–water partition coefficient (Wildman–Crippen LogP) is 1.20. The van der Waals surface area contributed by atoms with Gasteiger partial charge in [-0.25, -0.2) is 0 Å². The molecule has 1 N–H and O–H groups in total. The normalized spacial score (nSPS) is 9.85. The number of fused-ring (bicyclic) bond motifs is 1. The molecule has 0 aliphatic rings. The molecule has 4 heteroatoms. The standard InChI is InChI=1S/C9H7N3O/c13-6-12-8-3-7-1-2-10-5-9(7)11-4-8/h1-6H,(H,12,13). The smallest absolute Gasteiger partial charge is 0.211 e. The van der Waals surface area contributed by atoms with Crippen LogP contribution in [-0.2, 0) is 4.79 Å². The van der Waals surface area contributed by atoms with Crippen LogP contribution >= 0.6 is 0 Å². The summed E-state index contributed by atoms with van der Waals surface area (Å²) in [4.78, 5) is 18.2. The van der Waals surface area contributed by atoms with Crippen LogP contribution in [0.4, 0.5) is 5.69 Å². The highest BCUT2D eigenvalue weighted by atomic mass is 16.1. The van der Waals surface area contributed by atoms with E-state index < -0.39 is 0 Å². The van der Waals surface area contributed by atoms with Crippen LogP contribution in [0, 0.1) is 0 Å². The molecule has 0 saturated heterocycles. The molecule has 0 aliphatic heterocycles. The van der Waals surface area contributed by atoms with Gasteiger partial charge in [-0.15, -0.1) is 0 Å². The minimum atomic E-state index is 0.629. The van der Waals surface area contributed by atoms with Crippen molar-refractivity contribution < 1.29 is 4.79 Å². The first-order valence-corrected chi connectivity index (χ1v) is 3.80. The van der Waals surface area contributed by atoms with Crippen molar-refractivity contribution in [1.82, 2.24) is 9.97 Å². The summed E-state index contributed by atoms with van der Waals surface area (Å²) in [7, 11) is 0. The highest BCUT2D eigenvalue weighted by Crippen LogP contribution is 2.13. The van der Waals surface area contributed by atoms with Gasteiger partial charge in [-0.1, -0.05) is 0 Å². The molecule has 0 bridgehead atoms. The van der Waals surface area contributed by atoms with Crippen LogP contribution in [0.25, 0.3) is 10.9 Å². The Morgan fingerprint density at radius 1 is 1.38 bits per heavy atom. The molecule has 0 aromatic carbocycles. The van der Waals surface area contributed by atoms with E-state index in [1.807, 2.05) is 12.1 Å². The summed E-state index contributed by atoms with van der Waals surface area (Å²) in [5.41, 5.74) is 1.51. The lowest BCUT2D eigenvalue weighted by Crippen LogP contribution is -1.94. The Morgan fingerprint density at radius 3 is 3.15 bits per heavy atom. The van der Waals surface area contributed by atoms with Crippen molar-refractivity contribution in [1.29, 1.82) is 0 Å². The number of aromatic nitrogens is 2. The maximum atomic E-state index is 10.2. The van der Waals surface area contributed by atoms with E-state index in [0.29, 0.717) is 12.1 Å². The van der Waals surface area contributed by atoms with Gasteiger partial charge in [-0.05, 0) is 12.1 Å². The SMILES string of the molecule is O=CNc1cnc2cnccc2c1. The quantitative estimate of drug-likeness (QED) is 0.694. The molecule has 0 fully saturated rings. The minimum Gasteiger partial charge on any atom is -0.327 e. The van der Waals surface area contributed by atoms with Crippen molar-refractivity contribution in [3.63, 3.8) is 0 Å². The van der Waals surface area contributed by atoms with E-state index in [1.165, 1.54) is 0 Å². The van der Waals surface area contributed by atoms with Crippen molar-refractivity contribution in [2.24, 2.45) is 0 Å². The number of carbonyl (C=O) groups excluding carboxylic acids is 1. The van der Waals surface area contributed by atoms with Gasteiger partial charge in [0, 0.05) is 11.6 Å². The summed E-state index contributed by atoms with van der Waals surface area (Å²) in [6.45, 7) is 0. The van der Waals surface area contributed by atoms with E-state index in [4.69, 9.17) is 0 Å². The fourth-order valence-corrected chi connectivity index (χ4v) is 1.12. The second-order valence-corrected chi connectivity index (χ2v) is 2.55. The maximum absolute atomic E-state index is 10.2. The highest BCUT2D eigenvalue weighted by molar-refractivity contribution is 5.83. The highest BCUT2D eigenvalue weighted by Gasteiger charge is 1.95. The minimum absolute atomic E-state index is 0.629. The number of hydrogen-bond donors (Lipinski definition) is 1. The van der Waals surface area contributed by atoms with E-state index in [2.05, 4.69) is 15.3 Å². The number of rotatable bonds is 2. The zero-order valence-corrected chi connectivity index (χ0v) is 6.77. The lowest BCUT2D eigenvalue weighted by molar-refractivity contribution is -0.105. The monoisotopic (exact) mass is 173 g/mol. The van der Waals surface area contributed by atoms with Crippen LogP contribution in [0.15, 0.2) is 30.7 Å². The van der Waals surface area contributed by atoms with Crippen LogP contribution in [0.2, 0.25) is 0 Å². The summed E-state index contributed by atoms with van der Waals surface area (Å²) in [6, 6.07) is 3.69. The summed E-state index contributed by atoms with van der Waals surface area (Å²) >= 11 is 0. The molecule has 2 aromatic heterocycles. The molecule has 2 heterocycles. The summed E-state index contributed by atoms with van der Waals surface area (Å²) in [5, 5.41) is 3.50. The fraction of sp³-hybridized carbons (Fsp3) is 0. The molecule has 2 rings (SSSR count). The number of hydrogen-bond acceptors (Lipinski definition) is 3. The topological polar surface area (TPSA) is 54.9 Å². The van der Waals surface area contributed by atoms with Crippen LogP contribution in [-0.4, -0.2) is 16.4 Å². The Labute approximate surface area is 74.6 Å².